The van der Waals surface area contributed by atoms with Crippen LogP contribution in [0.25, 0.3) is 22.8 Å². The summed E-state index contributed by atoms with van der Waals surface area (Å²) in [6, 6.07) is 53.3. The number of hydrogen-bond donors (Lipinski definition) is 0. The van der Waals surface area contributed by atoms with E-state index in [0.717, 1.165) is 6.42 Å². The second-order valence-electron chi connectivity index (χ2n) is 8.92. The van der Waals surface area contributed by atoms with Crippen LogP contribution in [0.5, 0.6) is 0 Å². The largest absolute Gasteiger partial charge is 0.0716 e. The molecule has 5 rings (SSSR count). The molecule has 0 aliphatic heterocycles. The predicted molar refractivity (Wildman–Crippen MR) is 160 cm³/mol. The van der Waals surface area contributed by atoms with Gasteiger partial charge in [0.25, 0.3) is 0 Å². The lowest BCUT2D eigenvalue weighted by Gasteiger charge is -2.15. The maximum absolute atomic E-state index is 2.38. The number of allylic oxidation sites excluding steroid dienone is 4. The topological polar surface area (TPSA) is 0 Å². The van der Waals surface area contributed by atoms with Gasteiger partial charge >= 0.3 is 0 Å². The van der Waals surface area contributed by atoms with Gasteiger partial charge in [-0.15, -0.1) is 0 Å². The van der Waals surface area contributed by atoms with E-state index in [1.165, 1.54) is 44.5 Å². The quantitative estimate of drug-likeness (QED) is 0.155. The molecule has 0 heterocycles. The zero-order valence-electron chi connectivity index (χ0n) is 20.9. The molecule has 0 saturated heterocycles. The van der Waals surface area contributed by atoms with Gasteiger partial charge in [0.15, 0.2) is 0 Å². The summed E-state index contributed by atoms with van der Waals surface area (Å²) in [6.07, 6.45) is 7.66. The van der Waals surface area contributed by atoms with Gasteiger partial charge in [-0.1, -0.05) is 170 Å². The Labute approximate surface area is 220 Å². The second-order valence-corrected chi connectivity index (χ2v) is 8.92. The fourth-order valence-electron chi connectivity index (χ4n) is 4.60. The molecule has 0 amide bonds. The summed E-state index contributed by atoms with van der Waals surface area (Å²) in [5.74, 6) is 0. The van der Waals surface area contributed by atoms with Crippen molar-refractivity contribution in [3.05, 3.63) is 192 Å². The fourth-order valence-corrected chi connectivity index (χ4v) is 4.60. The van der Waals surface area contributed by atoms with E-state index in [-0.39, 0.29) is 0 Å². The normalized spacial score (nSPS) is 11.7. The molecule has 0 nitrogen and oxygen atoms in total. The van der Waals surface area contributed by atoms with Crippen molar-refractivity contribution in [2.75, 3.05) is 0 Å². The third-order valence-electron chi connectivity index (χ3n) is 6.45. The Bertz CT molecular complexity index is 1430. The molecule has 0 aliphatic rings. The molecule has 0 unspecified atom stereocenters. The molecule has 0 spiro atoms. The predicted octanol–water partition coefficient (Wildman–Crippen LogP) is 9.83. The lowest BCUT2D eigenvalue weighted by Crippen LogP contribution is -1.93. The Morgan fingerprint density at radius 2 is 0.838 bits per heavy atom. The zero-order chi connectivity index (χ0) is 25.1. The molecule has 0 saturated carbocycles. The van der Waals surface area contributed by atoms with Crippen LogP contribution in [0.3, 0.4) is 0 Å². The fraction of sp³-hybridized carbons (Fsp3) is 0.0270. The summed E-state index contributed by atoms with van der Waals surface area (Å²) in [6.45, 7) is 0. The maximum atomic E-state index is 2.38. The summed E-state index contributed by atoms with van der Waals surface area (Å²) in [4.78, 5) is 0. The molecular weight excluding hydrogens is 444 g/mol. The van der Waals surface area contributed by atoms with Crippen LogP contribution in [0, 0.1) is 0 Å². The van der Waals surface area contributed by atoms with Crippen molar-refractivity contribution in [1.82, 2.24) is 0 Å². The van der Waals surface area contributed by atoms with Crippen molar-refractivity contribution in [3.8, 4) is 0 Å². The van der Waals surface area contributed by atoms with Crippen LogP contribution in [0.2, 0.25) is 0 Å². The zero-order valence-corrected chi connectivity index (χ0v) is 20.9. The van der Waals surface area contributed by atoms with Gasteiger partial charge in [-0.25, -0.2) is 0 Å². The van der Waals surface area contributed by atoms with E-state index < -0.39 is 0 Å². The van der Waals surface area contributed by atoms with Gasteiger partial charge in [0.05, 0.1) is 0 Å². The first-order chi connectivity index (χ1) is 18.4. The summed E-state index contributed by atoms with van der Waals surface area (Å²) in [5, 5.41) is 0. The van der Waals surface area contributed by atoms with Crippen molar-refractivity contribution in [1.29, 1.82) is 0 Å². The molecule has 0 heteroatoms. The third-order valence-corrected chi connectivity index (χ3v) is 6.45. The van der Waals surface area contributed by atoms with Crippen molar-refractivity contribution in [3.63, 3.8) is 0 Å². The van der Waals surface area contributed by atoms with Gasteiger partial charge in [-0.2, -0.15) is 0 Å². The Kier molecular flexibility index (Phi) is 8.01. The SMILES string of the molecule is C(C/C(=C(/C=C/c1ccccc1)c1ccccc1)c1ccccc1)=C(c1ccccc1)c1ccccc1. The molecule has 0 fully saturated rings. The molecule has 178 valence electrons. The van der Waals surface area contributed by atoms with Crippen LogP contribution in [-0.2, 0) is 0 Å². The van der Waals surface area contributed by atoms with Gasteiger partial charge in [0.1, 0.15) is 0 Å². The van der Waals surface area contributed by atoms with Gasteiger partial charge < -0.3 is 0 Å². The minimum Gasteiger partial charge on any atom is -0.0716 e. The van der Waals surface area contributed by atoms with Crippen LogP contribution < -0.4 is 0 Å². The van der Waals surface area contributed by atoms with Crippen molar-refractivity contribution < 1.29 is 0 Å². The summed E-state index contributed by atoms with van der Waals surface area (Å²) >= 11 is 0. The van der Waals surface area contributed by atoms with Crippen molar-refractivity contribution in [2.45, 2.75) is 6.42 Å². The van der Waals surface area contributed by atoms with Crippen molar-refractivity contribution in [2.24, 2.45) is 0 Å². The average Bonchev–Trinajstić information content (AvgIpc) is 2.99. The lowest BCUT2D eigenvalue weighted by molar-refractivity contribution is 1.38. The van der Waals surface area contributed by atoms with E-state index in [0.29, 0.717) is 0 Å². The number of benzene rings is 5. The van der Waals surface area contributed by atoms with Crippen LogP contribution in [0.4, 0.5) is 0 Å². The maximum Gasteiger partial charge on any atom is -0.00759 e. The van der Waals surface area contributed by atoms with E-state index >= 15 is 0 Å². The lowest BCUT2D eigenvalue weighted by atomic mass is 9.89. The molecule has 0 bridgehead atoms. The van der Waals surface area contributed by atoms with E-state index in [1.54, 1.807) is 0 Å². The molecule has 5 aromatic rings. The minimum atomic E-state index is 0.798. The number of rotatable bonds is 8. The molecule has 0 radical (unpaired) electrons. The van der Waals surface area contributed by atoms with Gasteiger partial charge in [-0.3, -0.25) is 0 Å². The molecule has 0 N–H and O–H groups in total. The minimum absolute atomic E-state index is 0.798. The molecule has 5 aromatic carbocycles. The Hall–Kier alpha value is -4.68. The van der Waals surface area contributed by atoms with Crippen molar-refractivity contribution >= 4 is 22.8 Å². The standard InChI is InChI=1S/C37H30/c1-6-16-30(17-7-1)26-27-36(33-22-12-4-13-23-33)37(34-24-14-5-15-25-34)29-28-35(31-18-8-2-9-19-31)32-20-10-3-11-21-32/h1-28H,29H2/b27-26+,37-36+. The summed E-state index contributed by atoms with van der Waals surface area (Å²) in [5.41, 5.74) is 9.85. The molecular formula is C37H30. The first-order valence-corrected chi connectivity index (χ1v) is 12.8. The average molecular weight is 475 g/mol. The summed E-state index contributed by atoms with van der Waals surface area (Å²) < 4.78 is 0. The van der Waals surface area contributed by atoms with Crippen LogP contribution in [0.15, 0.2) is 164 Å². The van der Waals surface area contributed by atoms with Gasteiger partial charge in [0, 0.05) is 0 Å². The molecule has 0 aromatic heterocycles. The van der Waals surface area contributed by atoms with E-state index in [1.807, 2.05) is 0 Å². The first-order valence-electron chi connectivity index (χ1n) is 12.8. The highest BCUT2D eigenvalue weighted by atomic mass is 14.2. The number of hydrogen-bond acceptors (Lipinski definition) is 0. The Morgan fingerprint density at radius 3 is 1.32 bits per heavy atom. The van der Waals surface area contributed by atoms with E-state index in [2.05, 4.69) is 170 Å². The highest BCUT2D eigenvalue weighted by molar-refractivity contribution is 5.98. The van der Waals surface area contributed by atoms with Gasteiger partial charge in [-0.05, 0) is 51.0 Å². The summed E-state index contributed by atoms with van der Waals surface area (Å²) in [7, 11) is 0. The Balaban J connectivity index is 1.68. The smallest absolute Gasteiger partial charge is 0.00759 e. The third kappa shape index (κ3) is 6.31. The van der Waals surface area contributed by atoms with Crippen LogP contribution in [0.1, 0.15) is 34.2 Å². The molecule has 0 aliphatic carbocycles. The second kappa shape index (κ2) is 12.3. The first kappa shape index (κ1) is 24.0. The highest BCUT2D eigenvalue weighted by Gasteiger charge is 2.11. The Morgan fingerprint density at radius 1 is 0.432 bits per heavy atom. The van der Waals surface area contributed by atoms with Crippen LogP contribution in [-0.4, -0.2) is 0 Å². The monoisotopic (exact) mass is 474 g/mol. The highest BCUT2D eigenvalue weighted by Crippen LogP contribution is 2.33. The van der Waals surface area contributed by atoms with Crippen LogP contribution >= 0.6 is 0 Å². The van der Waals surface area contributed by atoms with Gasteiger partial charge in [0.2, 0.25) is 0 Å². The molecule has 0 atom stereocenters. The molecule has 37 heavy (non-hydrogen) atoms. The van der Waals surface area contributed by atoms with E-state index in [4.69, 9.17) is 0 Å². The van der Waals surface area contributed by atoms with E-state index in [9.17, 15) is 0 Å².